The van der Waals surface area contributed by atoms with Crippen molar-refractivity contribution in [3.8, 4) is 0 Å². The van der Waals surface area contributed by atoms with Gasteiger partial charge in [0.25, 0.3) is 0 Å². The highest BCUT2D eigenvalue weighted by atomic mass is 16.2. The number of aryl methyl sites for hydroxylation is 1. The molecular formula is C14H25N5O. The second-order valence-electron chi connectivity index (χ2n) is 5.84. The molecule has 0 saturated carbocycles. The first-order chi connectivity index (χ1) is 9.47. The molecule has 112 valence electrons. The van der Waals surface area contributed by atoms with E-state index in [-0.39, 0.29) is 11.9 Å². The third-order valence-electron chi connectivity index (χ3n) is 3.97. The van der Waals surface area contributed by atoms with Crippen molar-refractivity contribution < 1.29 is 4.79 Å². The lowest BCUT2D eigenvalue weighted by atomic mass is 10.0. The smallest absolute Gasteiger partial charge is 0.241 e. The van der Waals surface area contributed by atoms with Gasteiger partial charge in [0.05, 0.1) is 6.20 Å². The molecule has 0 spiro atoms. The Bertz CT molecular complexity index is 448. The van der Waals surface area contributed by atoms with Crippen LogP contribution in [0.4, 0.5) is 0 Å². The molecule has 1 unspecified atom stereocenters. The zero-order chi connectivity index (χ0) is 14.7. The second-order valence-corrected chi connectivity index (χ2v) is 5.84. The molecule has 6 heteroatoms. The Balaban J connectivity index is 1.83. The van der Waals surface area contributed by atoms with Crippen molar-refractivity contribution in [2.75, 3.05) is 13.1 Å². The van der Waals surface area contributed by atoms with Gasteiger partial charge in [-0.15, -0.1) is 0 Å². The van der Waals surface area contributed by atoms with Gasteiger partial charge in [-0.25, -0.2) is 0 Å². The highest BCUT2D eigenvalue weighted by molar-refractivity contribution is 5.83. The van der Waals surface area contributed by atoms with Crippen molar-refractivity contribution in [3.63, 3.8) is 0 Å². The molecular weight excluding hydrogens is 254 g/mol. The van der Waals surface area contributed by atoms with Crippen molar-refractivity contribution in [2.45, 2.75) is 44.8 Å². The van der Waals surface area contributed by atoms with Crippen LogP contribution < -0.4 is 11.1 Å². The number of carbonyl (C=O) groups excluding carboxylic acids is 1. The second kappa shape index (κ2) is 6.37. The number of hydrogen-bond acceptors (Lipinski definition) is 4. The van der Waals surface area contributed by atoms with Crippen LogP contribution in [0.25, 0.3) is 0 Å². The number of amides is 1. The first kappa shape index (κ1) is 15.0. The number of nitrogens with one attached hydrogen (secondary N) is 1. The topological polar surface area (TPSA) is 76.2 Å². The predicted octanol–water partition coefficient (Wildman–Crippen LogP) is 0.409. The van der Waals surface area contributed by atoms with Crippen molar-refractivity contribution in [1.29, 1.82) is 0 Å². The van der Waals surface area contributed by atoms with E-state index in [0.717, 1.165) is 31.5 Å². The molecule has 2 rings (SSSR count). The lowest BCUT2D eigenvalue weighted by Crippen LogP contribution is -2.48. The molecule has 1 aromatic rings. The van der Waals surface area contributed by atoms with Gasteiger partial charge >= 0.3 is 0 Å². The standard InChI is InChI=1S/C14H25N5O/c1-10(2)19-6-4-12(5-7-19)17-14(20)13(15)11-8-16-18(3)9-11/h8-10,12-13H,4-7,15H2,1-3H3,(H,17,20). The zero-order valence-corrected chi connectivity index (χ0v) is 12.5. The molecule has 0 aliphatic carbocycles. The molecule has 20 heavy (non-hydrogen) atoms. The Labute approximate surface area is 120 Å². The summed E-state index contributed by atoms with van der Waals surface area (Å²) in [7, 11) is 1.82. The molecule has 1 saturated heterocycles. The maximum absolute atomic E-state index is 12.1. The van der Waals surface area contributed by atoms with E-state index >= 15 is 0 Å². The van der Waals surface area contributed by atoms with E-state index in [0.29, 0.717) is 6.04 Å². The molecule has 1 amide bonds. The maximum Gasteiger partial charge on any atom is 0.241 e. The highest BCUT2D eigenvalue weighted by Crippen LogP contribution is 2.15. The number of aromatic nitrogens is 2. The molecule has 0 aromatic carbocycles. The number of carbonyl (C=O) groups is 1. The van der Waals surface area contributed by atoms with Crippen LogP contribution in [0, 0.1) is 0 Å². The molecule has 3 N–H and O–H groups in total. The molecule has 1 atom stereocenters. The molecule has 0 radical (unpaired) electrons. The Morgan fingerprint density at radius 1 is 1.45 bits per heavy atom. The van der Waals surface area contributed by atoms with Crippen LogP contribution in [-0.4, -0.2) is 45.8 Å². The fraction of sp³-hybridized carbons (Fsp3) is 0.714. The van der Waals surface area contributed by atoms with Gasteiger partial charge in [-0.2, -0.15) is 5.10 Å². The van der Waals surface area contributed by atoms with Crippen LogP contribution in [0.15, 0.2) is 12.4 Å². The minimum Gasteiger partial charge on any atom is -0.352 e. The van der Waals surface area contributed by atoms with E-state index < -0.39 is 6.04 Å². The van der Waals surface area contributed by atoms with Gasteiger partial charge in [-0.05, 0) is 26.7 Å². The summed E-state index contributed by atoms with van der Waals surface area (Å²) < 4.78 is 1.66. The lowest BCUT2D eigenvalue weighted by Gasteiger charge is -2.35. The van der Waals surface area contributed by atoms with Gasteiger partial charge in [-0.3, -0.25) is 9.48 Å². The number of likely N-dealkylation sites (tertiary alicyclic amines) is 1. The van der Waals surface area contributed by atoms with Gasteiger partial charge in [0, 0.05) is 44.0 Å². The minimum atomic E-state index is -0.633. The van der Waals surface area contributed by atoms with Gasteiger partial charge < -0.3 is 16.0 Å². The Kier molecular flexibility index (Phi) is 4.77. The van der Waals surface area contributed by atoms with Gasteiger partial charge in [0.15, 0.2) is 0 Å². The molecule has 6 nitrogen and oxygen atoms in total. The fourth-order valence-corrected chi connectivity index (χ4v) is 2.60. The molecule has 1 aliphatic rings. The van der Waals surface area contributed by atoms with E-state index in [4.69, 9.17) is 5.73 Å². The van der Waals surface area contributed by atoms with Crippen LogP contribution in [0.3, 0.4) is 0 Å². The highest BCUT2D eigenvalue weighted by Gasteiger charge is 2.25. The summed E-state index contributed by atoms with van der Waals surface area (Å²) in [6.07, 6.45) is 5.41. The molecule has 0 bridgehead atoms. The number of piperidine rings is 1. The molecule has 2 heterocycles. The first-order valence-corrected chi connectivity index (χ1v) is 7.26. The van der Waals surface area contributed by atoms with Crippen LogP contribution in [0.5, 0.6) is 0 Å². The lowest BCUT2D eigenvalue weighted by molar-refractivity contribution is -0.123. The molecule has 1 fully saturated rings. The van der Waals surface area contributed by atoms with Gasteiger partial charge in [0.2, 0.25) is 5.91 Å². The van der Waals surface area contributed by atoms with Crippen LogP contribution in [-0.2, 0) is 11.8 Å². The minimum absolute atomic E-state index is 0.110. The molecule has 1 aliphatic heterocycles. The summed E-state index contributed by atoms with van der Waals surface area (Å²) in [6.45, 7) is 6.48. The van der Waals surface area contributed by atoms with E-state index in [1.54, 1.807) is 17.1 Å². The van der Waals surface area contributed by atoms with Crippen molar-refractivity contribution in [2.24, 2.45) is 12.8 Å². The van der Waals surface area contributed by atoms with Crippen LogP contribution in [0.1, 0.15) is 38.3 Å². The summed E-state index contributed by atoms with van der Waals surface area (Å²) in [4.78, 5) is 14.6. The average molecular weight is 279 g/mol. The first-order valence-electron chi connectivity index (χ1n) is 7.26. The quantitative estimate of drug-likeness (QED) is 0.837. The third-order valence-corrected chi connectivity index (χ3v) is 3.97. The Morgan fingerprint density at radius 3 is 2.60 bits per heavy atom. The number of nitrogens with zero attached hydrogens (tertiary/aromatic N) is 3. The maximum atomic E-state index is 12.1. The van der Waals surface area contributed by atoms with Crippen LogP contribution >= 0.6 is 0 Å². The number of hydrogen-bond donors (Lipinski definition) is 2. The van der Waals surface area contributed by atoms with E-state index in [2.05, 4.69) is 29.2 Å². The predicted molar refractivity (Wildman–Crippen MR) is 78.0 cm³/mol. The van der Waals surface area contributed by atoms with Gasteiger partial charge in [-0.1, -0.05) is 0 Å². The monoisotopic (exact) mass is 279 g/mol. The van der Waals surface area contributed by atoms with Crippen molar-refractivity contribution >= 4 is 5.91 Å². The van der Waals surface area contributed by atoms with Crippen molar-refractivity contribution in [1.82, 2.24) is 20.0 Å². The summed E-state index contributed by atoms with van der Waals surface area (Å²) in [5.74, 6) is -0.110. The fourth-order valence-electron chi connectivity index (χ4n) is 2.60. The zero-order valence-electron chi connectivity index (χ0n) is 12.5. The third kappa shape index (κ3) is 3.58. The van der Waals surface area contributed by atoms with Crippen molar-refractivity contribution in [3.05, 3.63) is 18.0 Å². The number of rotatable bonds is 4. The average Bonchev–Trinajstić information content (AvgIpc) is 2.85. The normalized spacial score (nSPS) is 19.2. The Hall–Kier alpha value is -1.40. The summed E-state index contributed by atoms with van der Waals surface area (Å²) >= 11 is 0. The SMILES string of the molecule is CC(C)N1CCC(NC(=O)C(N)c2cnn(C)c2)CC1. The molecule has 1 aromatic heterocycles. The van der Waals surface area contributed by atoms with E-state index in [1.165, 1.54) is 0 Å². The largest absolute Gasteiger partial charge is 0.352 e. The summed E-state index contributed by atoms with van der Waals surface area (Å²) in [6, 6.07) is 0.177. The number of nitrogens with two attached hydrogens (primary N) is 1. The van der Waals surface area contributed by atoms with E-state index in [1.807, 2.05) is 7.05 Å². The summed E-state index contributed by atoms with van der Waals surface area (Å²) in [5.41, 5.74) is 6.72. The summed E-state index contributed by atoms with van der Waals surface area (Å²) in [5, 5.41) is 7.10. The van der Waals surface area contributed by atoms with Crippen LogP contribution in [0.2, 0.25) is 0 Å². The Morgan fingerprint density at radius 2 is 2.10 bits per heavy atom. The van der Waals surface area contributed by atoms with E-state index in [9.17, 15) is 4.79 Å². The van der Waals surface area contributed by atoms with Gasteiger partial charge in [0.1, 0.15) is 6.04 Å².